The fourth-order valence-electron chi connectivity index (χ4n) is 2.87. The van der Waals surface area contributed by atoms with Crippen molar-refractivity contribution in [3.63, 3.8) is 0 Å². The molecule has 1 heterocycles. The molecular weight excluding hydrogens is 274 g/mol. The van der Waals surface area contributed by atoms with Gasteiger partial charge in [-0.05, 0) is 50.1 Å². The molecule has 1 rings (SSSR count). The zero-order valence-electron chi connectivity index (χ0n) is 11.9. The molecule has 1 aliphatic rings. The van der Waals surface area contributed by atoms with Crippen molar-refractivity contribution in [2.45, 2.75) is 52.9 Å². The number of hydrogen-bond donors (Lipinski definition) is 0. The molecule has 0 aromatic rings. The third kappa shape index (κ3) is 5.74. The molecule has 1 aliphatic heterocycles. The smallest absolute Gasteiger partial charge is 0.00743 e. The molecule has 0 N–H and O–H groups in total. The Kier molecular flexibility index (Phi) is 7.77. The van der Waals surface area contributed by atoms with Crippen LogP contribution in [0.1, 0.15) is 52.9 Å². The molecule has 0 aromatic heterocycles. The van der Waals surface area contributed by atoms with Crippen molar-refractivity contribution in [3.8, 4) is 0 Å². The van der Waals surface area contributed by atoms with Crippen LogP contribution in [0.3, 0.4) is 0 Å². The third-order valence-corrected chi connectivity index (χ3v) is 5.10. The predicted molar refractivity (Wildman–Crippen MR) is 80.8 cm³/mol. The highest BCUT2D eigenvalue weighted by Gasteiger charge is 2.20. The lowest BCUT2D eigenvalue weighted by Gasteiger charge is -2.27. The highest BCUT2D eigenvalue weighted by molar-refractivity contribution is 9.09. The Hall–Kier alpha value is 0.440. The molecule has 0 bridgehead atoms. The van der Waals surface area contributed by atoms with E-state index in [9.17, 15) is 0 Å². The molecule has 2 heteroatoms. The van der Waals surface area contributed by atoms with Crippen LogP contribution in [0.5, 0.6) is 0 Å². The first-order chi connectivity index (χ1) is 8.17. The Morgan fingerprint density at radius 1 is 1.24 bits per heavy atom. The predicted octanol–water partition coefficient (Wildman–Crippen LogP) is 4.56. The van der Waals surface area contributed by atoms with Gasteiger partial charge in [-0.3, -0.25) is 0 Å². The molecule has 2 unspecified atom stereocenters. The molecule has 2 atom stereocenters. The number of likely N-dealkylation sites (tertiary alicyclic amines) is 1. The van der Waals surface area contributed by atoms with E-state index < -0.39 is 0 Å². The molecule has 1 saturated heterocycles. The van der Waals surface area contributed by atoms with Gasteiger partial charge in [0.25, 0.3) is 0 Å². The van der Waals surface area contributed by atoms with E-state index in [1.54, 1.807) is 0 Å². The number of halogens is 1. The topological polar surface area (TPSA) is 3.24 Å². The number of alkyl halides is 1. The molecule has 102 valence electrons. The summed E-state index contributed by atoms with van der Waals surface area (Å²) in [7, 11) is 0. The Balaban J connectivity index is 2.35. The molecular formula is C15H30BrN. The van der Waals surface area contributed by atoms with Crippen molar-refractivity contribution >= 4 is 15.9 Å². The van der Waals surface area contributed by atoms with Gasteiger partial charge in [-0.25, -0.2) is 0 Å². The summed E-state index contributed by atoms with van der Waals surface area (Å²) < 4.78 is 0. The van der Waals surface area contributed by atoms with Crippen molar-refractivity contribution < 1.29 is 0 Å². The average Bonchev–Trinajstić information content (AvgIpc) is 2.52. The van der Waals surface area contributed by atoms with Crippen LogP contribution in [-0.4, -0.2) is 29.9 Å². The van der Waals surface area contributed by atoms with Crippen molar-refractivity contribution in [1.82, 2.24) is 4.90 Å². The summed E-state index contributed by atoms with van der Waals surface area (Å²) in [6.07, 6.45) is 7.12. The van der Waals surface area contributed by atoms with Gasteiger partial charge in [0.1, 0.15) is 0 Å². The molecule has 1 nitrogen and oxygen atoms in total. The molecule has 17 heavy (non-hydrogen) atoms. The molecule has 0 saturated carbocycles. The highest BCUT2D eigenvalue weighted by Crippen LogP contribution is 2.23. The van der Waals surface area contributed by atoms with E-state index in [1.807, 2.05) is 0 Å². The standard InChI is InChI=1S/C15H30BrN/c1-4-6-14-7-5-9-17(10-8-14)12-15(11-16)13(2)3/h13-15H,4-12H2,1-3H3. The lowest BCUT2D eigenvalue weighted by molar-refractivity contribution is 0.218. The van der Waals surface area contributed by atoms with Gasteiger partial charge in [0.15, 0.2) is 0 Å². The fraction of sp³-hybridized carbons (Fsp3) is 1.00. The van der Waals surface area contributed by atoms with Gasteiger partial charge in [-0.15, -0.1) is 0 Å². The summed E-state index contributed by atoms with van der Waals surface area (Å²) in [4.78, 5) is 2.71. The molecule has 1 fully saturated rings. The van der Waals surface area contributed by atoms with Crippen LogP contribution >= 0.6 is 15.9 Å². The normalized spacial score (nSPS) is 24.9. The van der Waals surface area contributed by atoms with E-state index in [0.29, 0.717) is 0 Å². The Morgan fingerprint density at radius 3 is 2.59 bits per heavy atom. The van der Waals surface area contributed by atoms with Gasteiger partial charge < -0.3 is 4.90 Å². The van der Waals surface area contributed by atoms with Gasteiger partial charge >= 0.3 is 0 Å². The van der Waals surface area contributed by atoms with E-state index in [-0.39, 0.29) is 0 Å². The summed E-state index contributed by atoms with van der Waals surface area (Å²) in [5, 5.41) is 1.15. The lowest BCUT2D eigenvalue weighted by atomic mass is 9.96. The minimum atomic E-state index is 0.795. The number of rotatable bonds is 6. The zero-order chi connectivity index (χ0) is 12.7. The Bertz CT molecular complexity index is 193. The summed E-state index contributed by atoms with van der Waals surface area (Å²) in [6, 6.07) is 0. The molecule has 0 aliphatic carbocycles. The zero-order valence-corrected chi connectivity index (χ0v) is 13.5. The van der Waals surface area contributed by atoms with Crippen LogP contribution in [-0.2, 0) is 0 Å². The van der Waals surface area contributed by atoms with Gasteiger partial charge in [-0.2, -0.15) is 0 Å². The van der Waals surface area contributed by atoms with Crippen molar-refractivity contribution in [2.75, 3.05) is 25.0 Å². The minimum absolute atomic E-state index is 0.795. The van der Waals surface area contributed by atoms with Gasteiger partial charge in [0, 0.05) is 11.9 Å². The summed E-state index contributed by atoms with van der Waals surface area (Å²) >= 11 is 3.67. The van der Waals surface area contributed by atoms with Crippen molar-refractivity contribution in [1.29, 1.82) is 0 Å². The maximum atomic E-state index is 3.67. The average molecular weight is 304 g/mol. The maximum Gasteiger partial charge on any atom is 0.00743 e. The van der Waals surface area contributed by atoms with E-state index >= 15 is 0 Å². The molecule has 0 aromatic carbocycles. The van der Waals surface area contributed by atoms with Crippen LogP contribution < -0.4 is 0 Å². The summed E-state index contributed by atoms with van der Waals surface area (Å²) in [5.74, 6) is 2.62. The Labute approximate surface area is 116 Å². The van der Waals surface area contributed by atoms with Crippen molar-refractivity contribution in [2.24, 2.45) is 17.8 Å². The van der Waals surface area contributed by atoms with Gasteiger partial charge in [-0.1, -0.05) is 49.5 Å². The lowest BCUT2D eigenvalue weighted by Crippen LogP contribution is -2.33. The van der Waals surface area contributed by atoms with Crippen LogP contribution in [0.2, 0.25) is 0 Å². The highest BCUT2D eigenvalue weighted by atomic mass is 79.9. The largest absolute Gasteiger partial charge is 0.303 e. The number of nitrogens with zero attached hydrogens (tertiary/aromatic N) is 1. The first-order valence-corrected chi connectivity index (χ1v) is 8.57. The van der Waals surface area contributed by atoms with E-state index in [1.165, 1.54) is 51.7 Å². The monoisotopic (exact) mass is 303 g/mol. The van der Waals surface area contributed by atoms with E-state index in [0.717, 1.165) is 23.1 Å². The first-order valence-electron chi connectivity index (χ1n) is 7.45. The summed E-state index contributed by atoms with van der Waals surface area (Å²) in [6.45, 7) is 11.0. The second kappa shape index (κ2) is 8.53. The molecule has 0 amide bonds. The third-order valence-electron chi connectivity index (χ3n) is 4.27. The van der Waals surface area contributed by atoms with Crippen LogP contribution in [0.15, 0.2) is 0 Å². The number of hydrogen-bond acceptors (Lipinski definition) is 1. The second-order valence-electron chi connectivity index (χ2n) is 6.04. The fourth-order valence-corrected chi connectivity index (χ4v) is 3.83. The Morgan fingerprint density at radius 2 is 2.00 bits per heavy atom. The minimum Gasteiger partial charge on any atom is -0.303 e. The second-order valence-corrected chi connectivity index (χ2v) is 6.69. The quantitative estimate of drug-likeness (QED) is 0.650. The van der Waals surface area contributed by atoms with Crippen LogP contribution in [0.4, 0.5) is 0 Å². The van der Waals surface area contributed by atoms with E-state index in [2.05, 4.69) is 41.6 Å². The van der Waals surface area contributed by atoms with Crippen LogP contribution in [0, 0.1) is 17.8 Å². The van der Waals surface area contributed by atoms with E-state index in [4.69, 9.17) is 0 Å². The molecule has 0 radical (unpaired) electrons. The maximum absolute atomic E-state index is 3.67. The summed E-state index contributed by atoms with van der Waals surface area (Å²) in [5.41, 5.74) is 0. The van der Waals surface area contributed by atoms with Crippen LogP contribution in [0.25, 0.3) is 0 Å². The molecule has 0 spiro atoms. The van der Waals surface area contributed by atoms with Crippen molar-refractivity contribution in [3.05, 3.63) is 0 Å². The first kappa shape index (κ1) is 15.5. The SMILES string of the molecule is CCCC1CCCN(CC(CBr)C(C)C)CC1. The van der Waals surface area contributed by atoms with Gasteiger partial charge in [0.05, 0.1) is 0 Å². The van der Waals surface area contributed by atoms with Gasteiger partial charge in [0.2, 0.25) is 0 Å².